The molecule has 0 atom stereocenters. The number of hydrogen-bond acceptors (Lipinski definition) is 5. The molecule has 0 fully saturated rings. The fraction of sp³-hybridized carbons (Fsp3) is 0.250. The van der Waals surface area contributed by atoms with Crippen LogP contribution in [0.3, 0.4) is 0 Å². The zero-order valence-electron chi connectivity index (χ0n) is 11.3. The van der Waals surface area contributed by atoms with Crippen molar-refractivity contribution in [3.8, 4) is 0 Å². The predicted molar refractivity (Wildman–Crippen MR) is 86.3 cm³/mol. The Hall–Kier alpha value is -0.900. The van der Waals surface area contributed by atoms with Crippen molar-refractivity contribution < 1.29 is 12.9 Å². The van der Waals surface area contributed by atoms with Gasteiger partial charge in [-0.15, -0.1) is 0 Å². The Balaban J connectivity index is 2.32. The Kier molecular flexibility index (Phi) is 4.76. The molecule has 0 aliphatic rings. The first-order valence-electron chi connectivity index (χ1n) is 5.88. The first-order chi connectivity index (χ1) is 9.72. The zero-order valence-corrected chi connectivity index (χ0v) is 15.3. The number of halogens is 2. The van der Waals surface area contributed by atoms with Gasteiger partial charge < -0.3 is 10.3 Å². The molecule has 3 N–H and O–H groups in total. The molecule has 1 aromatic heterocycles. The van der Waals surface area contributed by atoms with Gasteiger partial charge in [0.1, 0.15) is 10.7 Å². The normalized spacial score (nSPS) is 11.8. The number of aryl methyl sites for hydroxylation is 2. The van der Waals surface area contributed by atoms with Crippen molar-refractivity contribution in [2.45, 2.75) is 25.3 Å². The molecule has 1 aromatic carbocycles. The standard InChI is InChI=1S/C12H13Br2N3O3S/c1-6-9(7(2)20-17-6)5-16-21(18,19)12-10(14)3-8(13)4-11(12)15/h3-4,16H,5,15H2,1-2H3. The van der Waals surface area contributed by atoms with E-state index in [1.165, 1.54) is 6.07 Å². The third kappa shape index (κ3) is 3.47. The lowest BCUT2D eigenvalue weighted by Crippen LogP contribution is -2.25. The first-order valence-corrected chi connectivity index (χ1v) is 8.95. The Morgan fingerprint density at radius 3 is 2.52 bits per heavy atom. The number of benzene rings is 1. The molecule has 9 heteroatoms. The minimum Gasteiger partial charge on any atom is -0.398 e. The second-order valence-corrected chi connectivity index (χ2v) is 7.91. The van der Waals surface area contributed by atoms with Gasteiger partial charge in [-0.3, -0.25) is 0 Å². The van der Waals surface area contributed by atoms with E-state index in [1.54, 1.807) is 19.9 Å². The molecule has 2 aromatic rings. The highest BCUT2D eigenvalue weighted by Gasteiger charge is 2.22. The molecule has 0 aliphatic heterocycles. The molecular weight excluding hydrogens is 426 g/mol. The summed E-state index contributed by atoms with van der Waals surface area (Å²) in [7, 11) is -3.76. The number of nitrogens with one attached hydrogen (secondary N) is 1. The number of sulfonamides is 1. The summed E-state index contributed by atoms with van der Waals surface area (Å²) in [5, 5.41) is 3.79. The van der Waals surface area contributed by atoms with E-state index in [0.29, 0.717) is 26.0 Å². The Morgan fingerprint density at radius 1 is 1.33 bits per heavy atom. The van der Waals surface area contributed by atoms with Crippen LogP contribution in [0.5, 0.6) is 0 Å². The van der Waals surface area contributed by atoms with Crippen LogP contribution in [0, 0.1) is 13.8 Å². The van der Waals surface area contributed by atoms with Crippen molar-refractivity contribution in [2.75, 3.05) is 5.73 Å². The molecule has 0 saturated carbocycles. The van der Waals surface area contributed by atoms with Crippen molar-refractivity contribution in [3.05, 3.63) is 38.1 Å². The highest BCUT2D eigenvalue weighted by atomic mass is 79.9. The third-order valence-corrected chi connectivity index (χ3v) is 5.79. The van der Waals surface area contributed by atoms with Crippen molar-refractivity contribution in [3.63, 3.8) is 0 Å². The van der Waals surface area contributed by atoms with E-state index in [9.17, 15) is 8.42 Å². The number of nitrogens with two attached hydrogens (primary N) is 1. The third-order valence-electron chi connectivity index (χ3n) is 2.93. The van der Waals surface area contributed by atoms with Crippen LogP contribution in [-0.4, -0.2) is 13.6 Å². The Bertz CT molecular complexity index is 745. The molecule has 6 nitrogen and oxygen atoms in total. The number of hydrogen-bond donors (Lipinski definition) is 2. The van der Waals surface area contributed by atoms with E-state index in [2.05, 4.69) is 41.7 Å². The molecule has 0 radical (unpaired) electrons. The molecule has 1 heterocycles. The van der Waals surface area contributed by atoms with Gasteiger partial charge in [-0.2, -0.15) is 0 Å². The van der Waals surface area contributed by atoms with Gasteiger partial charge in [0, 0.05) is 21.1 Å². The number of rotatable bonds is 4. The summed E-state index contributed by atoms with van der Waals surface area (Å²) in [6, 6.07) is 3.16. The molecule has 0 saturated heterocycles. The quantitative estimate of drug-likeness (QED) is 0.715. The summed E-state index contributed by atoms with van der Waals surface area (Å²) in [4.78, 5) is 0.0115. The lowest BCUT2D eigenvalue weighted by Gasteiger charge is -2.11. The summed E-state index contributed by atoms with van der Waals surface area (Å²) in [5.41, 5.74) is 7.33. The van der Waals surface area contributed by atoms with Gasteiger partial charge in [0.05, 0.1) is 11.4 Å². The van der Waals surface area contributed by atoms with E-state index in [0.717, 1.165) is 0 Å². The van der Waals surface area contributed by atoms with Crippen LogP contribution in [0.4, 0.5) is 5.69 Å². The summed E-state index contributed by atoms with van der Waals surface area (Å²) in [6.45, 7) is 3.57. The van der Waals surface area contributed by atoms with E-state index in [4.69, 9.17) is 10.3 Å². The van der Waals surface area contributed by atoms with Crippen LogP contribution in [0.2, 0.25) is 0 Å². The number of aromatic nitrogens is 1. The van der Waals surface area contributed by atoms with Crippen LogP contribution >= 0.6 is 31.9 Å². The lowest BCUT2D eigenvalue weighted by molar-refractivity contribution is 0.392. The smallest absolute Gasteiger partial charge is 0.244 e. The van der Waals surface area contributed by atoms with Crippen LogP contribution in [0.15, 0.2) is 30.5 Å². The van der Waals surface area contributed by atoms with Gasteiger partial charge >= 0.3 is 0 Å². The second-order valence-electron chi connectivity index (χ2n) is 4.43. The average molecular weight is 439 g/mol. The molecule has 0 spiro atoms. The first kappa shape index (κ1) is 16.5. The number of nitrogens with zero attached hydrogens (tertiary/aromatic N) is 1. The summed E-state index contributed by atoms with van der Waals surface area (Å²) in [6.07, 6.45) is 0. The monoisotopic (exact) mass is 437 g/mol. The summed E-state index contributed by atoms with van der Waals surface area (Å²) in [5.74, 6) is 0.582. The van der Waals surface area contributed by atoms with Gasteiger partial charge in [-0.1, -0.05) is 21.1 Å². The van der Waals surface area contributed by atoms with Crippen LogP contribution < -0.4 is 10.5 Å². The number of anilines is 1. The summed E-state index contributed by atoms with van der Waals surface area (Å²) < 4.78 is 33.4. The number of nitrogen functional groups attached to an aromatic ring is 1. The Labute approximate surface area is 139 Å². The molecule has 21 heavy (non-hydrogen) atoms. The molecular formula is C12H13Br2N3O3S. The van der Waals surface area contributed by atoms with E-state index < -0.39 is 10.0 Å². The minimum absolute atomic E-state index is 0.0115. The lowest BCUT2D eigenvalue weighted by atomic mass is 10.2. The van der Waals surface area contributed by atoms with Crippen molar-refractivity contribution in [2.24, 2.45) is 0 Å². The zero-order chi connectivity index (χ0) is 15.8. The average Bonchev–Trinajstić information content (AvgIpc) is 2.65. The van der Waals surface area contributed by atoms with E-state index >= 15 is 0 Å². The van der Waals surface area contributed by atoms with Crippen LogP contribution in [-0.2, 0) is 16.6 Å². The van der Waals surface area contributed by atoms with Crippen molar-refractivity contribution in [1.29, 1.82) is 0 Å². The van der Waals surface area contributed by atoms with E-state index in [-0.39, 0.29) is 17.1 Å². The fourth-order valence-electron chi connectivity index (χ4n) is 1.86. The molecule has 0 aliphatic carbocycles. The topological polar surface area (TPSA) is 98.2 Å². The molecule has 0 unspecified atom stereocenters. The van der Waals surface area contributed by atoms with Crippen molar-refractivity contribution >= 4 is 47.6 Å². The molecule has 0 bridgehead atoms. The van der Waals surface area contributed by atoms with Crippen molar-refractivity contribution in [1.82, 2.24) is 9.88 Å². The maximum Gasteiger partial charge on any atom is 0.244 e. The van der Waals surface area contributed by atoms with Gasteiger partial charge in [0.2, 0.25) is 10.0 Å². The van der Waals surface area contributed by atoms with E-state index in [1.807, 2.05) is 0 Å². The predicted octanol–water partition coefficient (Wildman–Crippen LogP) is 2.88. The molecule has 114 valence electrons. The maximum atomic E-state index is 12.4. The van der Waals surface area contributed by atoms with Gasteiger partial charge in [0.15, 0.2) is 0 Å². The highest BCUT2D eigenvalue weighted by Crippen LogP contribution is 2.31. The highest BCUT2D eigenvalue weighted by molar-refractivity contribution is 9.11. The van der Waals surface area contributed by atoms with Crippen LogP contribution in [0.1, 0.15) is 17.0 Å². The molecule has 2 rings (SSSR count). The van der Waals surface area contributed by atoms with Crippen LogP contribution in [0.25, 0.3) is 0 Å². The minimum atomic E-state index is -3.76. The largest absolute Gasteiger partial charge is 0.398 e. The molecule has 0 amide bonds. The summed E-state index contributed by atoms with van der Waals surface area (Å²) >= 11 is 6.48. The maximum absolute atomic E-state index is 12.4. The van der Waals surface area contributed by atoms with Gasteiger partial charge in [-0.25, -0.2) is 13.1 Å². The van der Waals surface area contributed by atoms with Gasteiger partial charge in [-0.05, 0) is 41.9 Å². The van der Waals surface area contributed by atoms with Gasteiger partial charge in [0.25, 0.3) is 0 Å². The fourth-order valence-corrected chi connectivity index (χ4v) is 4.92. The SMILES string of the molecule is Cc1noc(C)c1CNS(=O)(=O)c1c(N)cc(Br)cc1Br. The second kappa shape index (κ2) is 6.07. The Morgan fingerprint density at radius 2 is 2.00 bits per heavy atom.